The van der Waals surface area contributed by atoms with Crippen molar-refractivity contribution < 1.29 is 0 Å². The van der Waals surface area contributed by atoms with E-state index in [2.05, 4.69) is 44.6 Å². The first-order valence-electron chi connectivity index (χ1n) is 4.95. The van der Waals surface area contributed by atoms with Crippen LogP contribution < -0.4 is 5.73 Å². The first-order valence-corrected chi connectivity index (χ1v) is 4.95. The third-order valence-electron chi connectivity index (χ3n) is 2.17. The zero-order valence-electron chi connectivity index (χ0n) is 9.63. The zero-order valence-corrected chi connectivity index (χ0v) is 9.63. The maximum atomic E-state index is 5.60. The zero-order chi connectivity index (χ0) is 10.9. The lowest BCUT2D eigenvalue weighted by atomic mass is 9.86. The Bertz CT molecular complexity index is 324. The van der Waals surface area contributed by atoms with Crippen molar-refractivity contribution >= 4 is 5.95 Å². The summed E-state index contributed by atoms with van der Waals surface area (Å²) in [5.41, 5.74) is 7.87. The van der Waals surface area contributed by atoms with Crippen molar-refractivity contribution in [1.82, 2.24) is 9.97 Å². The van der Waals surface area contributed by atoms with Crippen molar-refractivity contribution in [3.05, 3.63) is 17.5 Å². The number of rotatable bonds is 1. The molecule has 3 nitrogen and oxygen atoms in total. The summed E-state index contributed by atoms with van der Waals surface area (Å²) < 4.78 is 0. The molecule has 1 heterocycles. The molecule has 1 rings (SSSR count). The lowest BCUT2D eigenvalue weighted by molar-refractivity contribution is 0.553. The van der Waals surface area contributed by atoms with E-state index in [1.165, 1.54) is 5.56 Å². The van der Waals surface area contributed by atoms with E-state index in [0.717, 1.165) is 5.69 Å². The van der Waals surface area contributed by atoms with E-state index in [0.29, 0.717) is 11.9 Å². The second kappa shape index (κ2) is 3.56. The van der Waals surface area contributed by atoms with Gasteiger partial charge in [0.25, 0.3) is 0 Å². The van der Waals surface area contributed by atoms with E-state index in [1.54, 1.807) is 0 Å². The number of nitrogen functional groups attached to an aromatic ring is 1. The fourth-order valence-electron chi connectivity index (χ4n) is 1.43. The van der Waals surface area contributed by atoms with Crippen LogP contribution in [0, 0.1) is 0 Å². The normalized spacial score (nSPS) is 12.1. The second-order valence-electron chi connectivity index (χ2n) is 4.94. The monoisotopic (exact) mass is 193 g/mol. The standard InChI is InChI=1S/C11H19N3/c1-7(2)8-6-13-10(12)14-9(8)11(3,4)5/h6-7H,1-5H3,(H2,12,13,14). The van der Waals surface area contributed by atoms with Gasteiger partial charge in [-0.3, -0.25) is 0 Å². The molecule has 0 radical (unpaired) electrons. The minimum absolute atomic E-state index is 0.0245. The third-order valence-corrected chi connectivity index (χ3v) is 2.17. The molecule has 0 atom stereocenters. The van der Waals surface area contributed by atoms with E-state index < -0.39 is 0 Å². The van der Waals surface area contributed by atoms with Gasteiger partial charge in [0.15, 0.2) is 0 Å². The Labute approximate surface area is 85.8 Å². The molecule has 0 saturated carbocycles. The predicted molar refractivity (Wildman–Crippen MR) is 59.2 cm³/mol. The molecule has 0 spiro atoms. The van der Waals surface area contributed by atoms with Crippen LogP contribution in [0.15, 0.2) is 6.20 Å². The molecule has 1 aromatic rings. The first kappa shape index (κ1) is 11.0. The highest BCUT2D eigenvalue weighted by Gasteiger charge is 2.21. The van der Waals surface area contributed by atoms with E-state index in [-0.39, 0.29) is 5.41 Å². The highest BCUT2D eigenvalue weighted by molar-refractivity contribution is 5.31. The van der Waals surface area contributed by atoms with Crippen molar-refractivity contribution in [2.45, 2.75) is 46.0 Å². The van der Waals surface area contributed by atoms with Crippen molar-refractivity contribution in [3.8, 4) is 0 Å². The fourth-order valence-corrected chi connectivity index (χ4v) is 1.43. The molecule has 14 heavy (non-hydrogen) atoms. The fraction of sp³-hybridized carbons (Fsp3) is 0.636. The van der Waals surface area contributed by atoms with E-state index in [4.69, 9.17) is 5.73 Å². The Kier molecular flexibility index (Phi) is 2.79. The Morgan fingerprint density at radius 2 is 1.86 bits per heavy atom. The largest absolute Gasteiger partial charge is 0.368 e. The van der Waals surface area contributed by atoms with E-state index in [9.17, 15) is 0 Å². The van der Waals surface area contributed by atoms with Crippen LogP contribution in [0.4, 0.5) is 5.95 Å². The summed E-state index contributed by atoms with van der Waals surface area (Å²) in [4.78, 5) is 8.37. The highest BCUT2D eigenvalue weighted by atomic mass is 15.0. The van der Waals surface area contributed by atoms with Crippen LogP contribution in [0.2, 0.25) is 0 Å². The van der Waals surface area contributed by atoms with Gasteiger partial charge < -0.3 is 5.73 Å². The van der Waals surface area contributed by atoms with Crippen molar-refractivity contribution in [2.75, 3.05) is 5.73 Å². The first-order chi connectivity index (χ1) is 6.32. The van der Waals surface area contributed by atoms with Crippen molar-refractivity contribution in [2.24, 2.45) is 0 Å². The minimum Gasteiger partial charge on any atom is -0.368 e. The van der Waals surface area contributed by atoms with Gasteiger partial charge in [-0.2, -0.15) is 0 Å². The van der Waals surface area contributed by atoms with Gasteiger partial charge in [0.2, 0.25) is 5.95 Å². The second-order valence-corrected chi connectivity index (χ2v) is 4.94. The van der Waals surface area contributed by atoms with E-state index >= 15 is 0 Å². The number of hydrogen-bond donors (Lipinski definition) is 1. The number of nitrogens with two attached hydrogens (primary N) is 1. The average Bonchev–Trinajstić information content (AvgIpc) is 2.01. The van der Waals surface area contributed by atoms with Gasteiger partial charge in [0.05, 0.1) is 5.69 Å². The summed E-state index contributed by atoms with van der Waals surface area (Å²) in [7, 11) is 0. The van der Waals surface area contributed by atoms with Crippen LogP contribution in [0.5, 0.6) is 0 Å². The van der Waals surface area contributed by atoms with Crippen molar-refractivity contribution in [3.63, 3.8) is 0 Å². The van der Waals surface area contributed by atoms with Crippen LogP contribution >= 0.6 is 0 Å². The van der Waals surface area contributed by atoms with Gasteiger partial charge >= 0.3 is 0 Å². The Morgan fingerprint density at radius 3 is 2.29 bits per heavy atom. The van der Waals surface area contributed by atoms with Crippen LogP contribution in [0.1, 0.15) is 51.8 Å². The van der Waals surface area contributed by atoms with Gasteiger partial charge in [0, 0.05) is 11.6 Å². The summed E-state index contributed by atoms with van der Waals surface area (Å²) in [6.45, 7) is 10.7. The molecule has 2 N–H and O–H groups in total. The summed E-state index contributed by atoms with van der Waals surface area (Å²) in [5.74, 6) is 0.796. The topological polar surface area (TPSA) is 51.8 Å². The molecule has 0 aliphatic heterocycles. The molecule has 3 heteroatoms. The van der Waals surface area contributed by atoms with Gasteiger partial charge in [-0.15, -0.1) is 0 Å². The molecular weight excluding hydrogens is 174 g/mol. The Balaban J connectivity index is 3.30. The molecule has 0 aliphatic rings. The van der Waals surface area contributed by atoms with Gasteiger partial charge in [-0.05, 0) is 11.5 Å². The summed E-state index contributed by atoms with van der Waals surface area (Å²) in [6, 6.07) is 0. The van der Waals surface area contributed by atoms with Crippen LogP contribution in [0.25, 0.3) is 0 Å². The van der Waals surface area contributed by atoms with Crippen LogP contribution in [-0.2, 0) is 5.41 Å². The molecule has 0 saturated heterocycles. The summed E-state index contributed by atoms with van der Waals surface area (Å²) in [5, 5.41) is 0. The molecule has 78 valence electrons. The molecule has 0 amide bonds. The van der Waals surface area contributed by atoms with Crippen LogP contribution in [-0.4, -0.2) is 9.97 Å². The lowest BCUT2D eigenvalue weighted by Gasteiger charge is -2.22. The quantitative estimate of drug-likeness (QED) is 0.745. The van der Waals surface area contributed by atoms with Gasteiger partial charge in [0.1, 0.15) is 0 Å². The van der Waals surface area contributed by atoms with E-state index in [1.807, 2.05) is 6.20 Å². The van der Waals surface area contributed by atoms with Gasteiger partial charge in [-0.1, -0.05) is 34.6 Å². The molecule has 1 aromatic heterocycles. The smallest absolute Gasteiger partial charge is 0.220 e. The number of anilines is 1. The summed E-state index contributed by atoms with van der Waals surface area (Å²) in [6.07, 6.45) is 1.84. The minimum atomic E-state index is 0.0245. The number of nitrogens with zero attached hydrogens (tertiary/aromatic N) is 2. The Morgan fingerprint density at radius 1 is 1.29 bits per heavy atom. The molecule has 0 fully saturated rings. The maximum absolute atomic E-state index is 5.60. The van der Waals surface area contributed by atoms with Crippen molar-refractivity contribution in [1.29, 1.82) is 0 Å². The lowest BCUT2D eigenvalue weighted by Crippen LogP contribution is -2.19. The Hall–Kier alpha value is -1.12. The van der Waals surface area contributed by atoms with Crippen LogP contribution in [0.3, 0.4) is 0 Å². The SMILES string of the molecule is CC(C)c1cnc(N)nc1C(C)(C)C. The third kappa shape index (κ3) is 2.22. The number of aromatic nitrogens is 2. The molecule has 0 aromatic carbocycles. The number of hydrogen-bond acceptors (Lipinski definition) is 3. The highest BCUT2D eigenvalue weighted by Crippen LogP contribution is 2.28. The maximum Gasteiger partial charge on any atom is 0.220 e. The molecule has 0 aliphatic carbocycles. The average molecular weight is 193 g/mol. The molecular formula is C11H19N3. The molecule has 0 unspecified atom stereocenters. The van der Waals surface area contributed by atoms with Gasteiger partial charge in [-0.25, -0.2) is 9.97 Å². The predicted octanol–water partition coefficient (Wildman–Crippen LogP) is 2.48. The molecule has 0 bridgehead atoms. The summed E-state index contributed by atoms with van der Waals surface area (Å²) >= 11 is 0.